The number of hydrogen-bond acceptors (Lipinski definition) is 13. The minimum Gasteiger partial charge on any atom is -0.870 e. The Morgan fingerprint density at radius 3 is 0.716 bits per heavy atom. The normalized spacial score (nSPS) is 27.1. The van der Waals surface area contributed by atoms with E-state index in [1.807, 2.05) is 27.7 Å². The third-order valence-electron chi connectivity index (χ3n) is 11.6. The van der Waals surface area contributed by atoms with Crippen LogP contribution < -0.4 is 50.8 Å². The largest absolute Gasteiger partial charge is 1.00 e. The van der Waals surface area contributed by atoms with E-state index in [1.54, 1.807) is 83.1 Å². The van der Waals surface area contributed by atoms with Crippen LogP contribution in [0.5, 0.6) is 0 Å². The third kappa shape index (κ3) is 21.0. The second-order valence-electron chi connectivity index (χ2n) is 21.6. The van der Waals surface area contributed by atoms with E-state index in [2.05, 4.69) is 21.3 Å². The number of carbonyl (C=O) groups excluding carboxylic acids is 7. The summed E-state index contributed by atoms with van der Waals surface area (Å²) >= 11 is 0. The van der Waals surface area contributed by atoms with Crippen LogP contribution in [0.4, 0.5) is 19.2 Å². The Labute approximate surface area is 423 Å². The number of amides is 4. The Morgan fingerprint density at radius 1 is 0.433 bits per heavy atom. The molecule has 0 aliphatic heterocycles. The van der Waals surface area contributed by atoms with Crippen LogP contribution in [0.1, 0.15) is 190 Å². The maximum Gasteiger partial charge on any atom is 1.00 e. The number of ketones is 3. The molecule has 0 spiro atoms. The van der Waals surface area contributed by atoms with Crippen LogP contribution in [0.15, 0.2) is 0 Å². The predicted octanol–water partition coefficient (Wildman–Crippen LogP) is 6.03. The van der Waals surface area contributed by atoms with Crippen molar-refractivity contribution in [3.63, 3.8) is 0 Å². The number of rotatable bonds is 12. The number of nitrogens with one attached hydrogen (secondary N) is 4. The molecule has 4 aliphatic carbocycles. The van der Waals surface area contributed by atoms with Gasteiger partial charge >= 0.3 is 59.9 Å². The molecule has 0 aromatic carbocycles. The minimum absolute atomic E-state index is 0. The number of carboxylic acids is 1. The van der Waals surface area contributed by atoms with Gasteiger partial charge in [-0.1, -0.05) is 60.8 Å². The van der Waals surface area contributed by atoms with Crippen LogP contribution in [-0.4, -0.2) is 103 Å². The molecule has 8 atom stereocenters. The molecule has 0 aromatic rings. The molecule has 67 heavy (non-hydrogen) atoms. The molecule has 18 nitrogen and oxygen atoms in total. The van der Waals surface area contributed by atoms with Gasteiger partial charge in [0.15, 0.2) is 17.3 Å². The van der Waals surface area contributed by atoms with Gasteiger partial charge in [0.25, 0.3) is 0 Å². The summed E-state index contributed by atoms with van der Waals surface area (Å²) < 4.78 is 20.5. The summed E-state index contributed by atoms with van der Waals surface area (Å²) in [4.78, 5) is 91.9. The van der Waals surface area contributed by atoms with Crippen LogP contribution in [0.2, 0.25) is 0 Å². The molecule has 4 amide bonds. The van der Waals surface area contributed by atoms with Crippen molar-refractivity contribution in [3.05, 3.63) is 0 Å². The number of carboxylic acid groups (broad SMARTS) is 1. The van der Waals surface area contributed by atoms with Gasteiger partial charge in [0.05, 0.1) is 0 Å². The van der Waals surface area contributed by atoms with Crippen molar-refractivity contribution in [2.75, 3.05) is 0 Å². The summed E-state index contributed by atoms with van der Waals surface area (Å²) in [5, 5.41) is 19.7. The molecule has 19 heteroatoms. The fourth-order valence-electron chi connectivity index (χ4n) is 7.72. The molecule has 4 aliphatic rings. The topological polar surface area (TPSA) is 272 Å². The Kier molecular flexibility index (Phi) is 25.7. The molecular formula is C48H87N4NaO14. The second-order valence-corrected chi connectivity index (χ2v) is 21.6. The van der Waals surface area contributed by atoms with E-state index in [1.165, 1.54) is 20.8 Å². The Hall–Kier alpha value is -3.48. The van der Waals surface area contributed by atoms with Crippen molar-refractivity contribution < 1.29 is 97.4 Å². The van der Waals surface area contributed by atoms with E-state index in [0.29, 0.717) is 6.42 Å². The molecule has 384 valence electrons. The van der Waals surface area contributed by atoms with Gasteiger partial charge < -0.3 is 50.8 Å². The number of Topliss-reactive ketones (excluding diaryl/α,β-unsaturated/α-hetero) is 3. The maximum absolute atomic E-state index is 11.6. The number of hydrogen-bond donors (Lipinski definition) is 5. The number of ether oxygens (including phenoxy) is 4. The SMILES string of the molecule is C.CCC1CC1(NC(=O)OC(C)(C)C)C(C)=O.CCC1C[C@@]1(NC(=O)OC(C)(C)C)C(=O)O.CCC1C[C@@]1(NC(=O)OC(C)(C)C)C(C)=O.CC[C@H]1C[C@]1(NC(=O)OC(C)(C)C)C(C)=O.[Na+].[OH-]. The maximum atomic E-state index is 11.6. The van der Waals surface area contributed by atoms with Gasteiger partial charge in [-0.15, -0.1) is 0 Å². The minimum atomic E-state index is -1.10. The monoisotopic (exact) mass is 967 g/mol. The first-order chi connectivity index (χ1) is 28.8. The van der Waals surface area contributed by atoms with Crippen molar-refractivity contribution in [1.29, 1.82) is 0 Å². The van der Waals surface area contributed by atoms with Crippen molar-refractivity contribution in [3.8, 4) is 0 Å². The first-order valence-electron chi connectivity index (χ1n) is 22.7. The summed E-state index contributed by atoms with van der Waals surface area (Å²) in [5.41, 5.74) is -5.27. The van der Waals surface area contributed by atoms with Crippen LogP contribution in [0, 0.1) is 23.7 Å². The fraction of sp³-hybridized carbons (Fsp3) is 0.833. The van der Waals surface area contributed by atoms with Gasteiger partial charge in [0.2, 0.25) is 0 Å². The standard InChI is InChI=1S/3C12H21NO3.C11H19NO4.CH4.Na.H2O/c3*1-6-9-7-12(9,8(2)14)13-10(15)16-11(3,4)5;1-5-7-6-11(7,8(13)14)12-9(15)16-10(2,3)4;;;/h3*9H,6-7H2,1-5H3,(H,13,15);7H,5-6H2,1-4H3,(H,12,15)(H,13,14);1H4;;1H2/q;;;;;+1;/p-1/t9?,12-;9-,12-;;7?,11-;;;/m10.0.../s1. The quantitative estimate of drug-likeness (QED) is 0.110. The van der Waals surface area contributed by atoms with Crippen molar-refractivity contribution in [2.45, 2.75) is 235 Å². The summed E-state index contributed by atoms with van der Waals surface area (Å²) in [6.45, 7) is 34.0. The molecule has 0 heterocycles. The van der Waals surface area contributed by atoms with E-state index in [0.717, 1.165) is 44.9 Å². The Morgan fingerprint density at radius 2 is 0.597 bits per heavy atom. The molecule has 4 fully saturated rings. The number of carbonyl (C=O) groups is 8. The Balaban J connectivity index is -0.000000803. The van der Waals surface area contributed by atoms with Gasteiger partial charge in [0.1, 0.15) is 44.6 Å². The molecular weight excluding hydrogens is 880 g/mol. The van der Waals surface area contributed by atoms with E-state index in [9.17, 15) is 38.4 Å². The average Bonchev–Trinajstić information content (AvgIpc) is 3.95. The summed E-state index contributed by atoms with van der Waals surface area (Å²) in [6, 6.07) is 0. The first kappa shape index (κ1) is 67.8. The van der Waals surface area contributed by atoms with Crippen molar-refractivity contribution in [1.82, 2.24) is 21.3 Å². The van der Waals surface area contributed by atoms with E-state index in [-0.39, 0.29) is 83.5 Å². The van der Waals surface area contributed by atoms with E-state index < -0.39 is 74.9 Å². The fourth-order valence-corrected chi connectivity index (χ4v) is 7.72. The molecule has 4 unspecified atom stereocenters. The second kappa shape index (κ2) is 25.4. The predicted molar refractivity (Wildman–Crippen MR) is 250 cm³/mol. The molecule has 4 rings (SSSR count). The zero-order valence-electron chi connectivity index (χ0n) is 43.8. The molecule has 0 saturated heterocycles. The summed E-state index contributed by atoms with van der Waals surface area (Å²) in [5.74, 6) is -0.129. The first-order valence-corrected chi connectivity index (χ1v) is 22.7. The summed E-state index contributed by atoms with van der Waals surface area (Å²) in [7, 11) is 0. The van der Waals surface area contributed by atoms with Gasteiger partial charge in [-0.2, -0.15) is 0 Å². The smallest absolute Gasteiger partial charge is 0.870 e. The Bertz CT molecular complexity index is 1480. The van der Waals surface area contributed by atoms with E-state index >= 15 is 0 Å². The molecule has 0 radical (unpaired) electrons. The van der Waals surface area contributed by atoms with Gasteiger partial charge in [-0.25, -0.2) is 24.0 Å². The number of alkyl carbamates (subject to hydrolysis) is 4. The van der Waals surface area contributed by atoms with Crippen LogP contribution >= 0.6 is 0 Å². The summed E-state index contributed by atoms with van der Waals surface area (Å²) in [6.07, 6.45) is 3.95. The van der Waals surface area contributed by atoms with Crippen LogP contribution in [-0.2, 0) is 38.1 Å². The van der Waals surface area contributed by atoms with E-state index in [4.69, 9.17) is 24.1 Å². The molecule has 6 N–H and O–H groups in total. The number of aliphatic carboxylic acids is 1. The zero-order valence-corrected chi connectivity index (χ0v) is 45.8. The van der Waals surface area contributed by atoms with Gasteiger partial charge in [0, 0.05) is 0 Å². The molecule has 0 bridgehead atoms. The molecule has 0 aromatic heterocycles. The zero-order chi connectivity index (χ0) is 50.2. The molecule has 4 saturated carbocycles. The van der Waals surface area contributed by atoms with Crippen molar-refractivity contribution >= 4 is 47.7 Å². The average molecular weight is 967 g/mol. The van der Waals surface area contributed by atoms with Gasteiger partial charge in [-0.3, -0.25) is 14.4 Å². The van der Waals surface area contributed by atoms with Crippen LogP contribution in [0.3, 0.4) is 0 Å². The third-order valence-corrected chi connectivity index (χ3v) is 11.6. The van der Waals surface area contributed by atoms with Crippen LogP contribution in [0.25, 0.3) is 0 Å². The van der Waals surface area contributed by atoms with Crippen molar-refractivity contribution in [2.24, 2.45) is 23.7 Å². The van der Waals surface area contributed by atoms with Gasteiger partial charge in [-0.05, 0) is 153 Å².